The van der Waals surface area contributed by atoms with Crippen LogP contribution in [-0.2, 0) is 5.60 Å². The molecule has 0 unspecified atom stereocenters. The number of likely N-dealkylation sites (tertiary alicyclic amines) is 1. The fourth-order valence-corrected chi connectivity index (χ4v) is 2.42. The Morgan fingerprint density at radius 3 is 2.59 bits per heavy atom. The fourth-order valence-electron chi connectivity index (χ4n) is 2.23. The average molecular weight is 256 g/mol. The van der Waals surface area contributed by atoms with E-state index >= 15 is 0 Å². The smallest absolute Gasteiger partial charge is 0.137 e. The van der Waals surface area contributed by atoms with Gasteiger partial charge in [-0.05, 0) is 37.6 Å². The number of aliphatic hydroxyl groups is 1. The van der Waals surface area contributed by atoms with Gasteiger partial charge in [0.2, 0.25) is 0 Å². The number of benzene rings is 1. The summed E-state index contributed by atoms with van der Waals surface area (Å²) < 4.78 is 5.19. The highest BCUT2D eigenvalue weighted by Crippen LogP contribution is 2.36. The van der Waals surface area contributed by atoms with Crippen molar-refractivity contribution in [3.05, 3.63) is 28.8 Å². The van der Waals surface area contributed by atoms with E-state index in [4.69, 9.17) is 16.3 Å². The second-order valence-corrected chi connectivity index (χ2v) is 5.09. The molecule has 1 N–H and O–H groups in total. The lowest BCUT2D eigenvalue weighted by Crippen LogP contribution is -2.40. The first-order valence-corrected chi connectivity index (χ1v) is 6.18. The van der Waals surface area contributed by atoms with Crippen molar-refractivity contribution in [1.29, 1.82) is 0 Å². The lowest BCUT2D eigenvalue weighted by molar-refractivity contribution is -0.0204. The molecule has 1 aromatic carbocycles. The van der Waals surface area contributed by atoms with Crippen LogP contribution in [0.3, 0.4) is 0 Å². The van der Waals surface area contributed by atoms with Gasteiger partial charge in [0.05, 0.1) is 17.7 Å². The molecular formula is C13H18ClNO2. The van der Waals surface area contributed by atoms with Crippen molar-refractivity contribution in [2.75, 3.05) is 27.2 Å². The normalized spacial score (nSPS) is 20.2. The maximum absolute atomic E-state index is 10.6. The number of hydrogen-bond donors (Lipinski definition) is 1. The maximum Gasteiger partial charge on any atom is 0.137 e. The minimum absolute atomic E-state index is 0.577. The van der Waals surface area contributed by atoms with E-state index in [1.165, 1.54) is 0 Å². The highest BCUT2D eigenvalue weighted by molar-refractivity contribution is 6.32. The molecule has 0 bridgehead atoms. The second kappa shape index (κ2) is 4.84. The lowest BCUT2D eigenvalue weighted by atomic mass is 9.84. The van der Waals surface area contributed by atoms with Crippen LogP contribution in [0.4, 0.5) is 0 Å². The van der Waals surface area contributed by atoms with Gasteiger partial charge in [0, 0.05) is 13.1 Å². The summed E-state index contributed by atoms with van der Waals surface area (Å²) in [6.07, 6.45) is 1.49. The van der Waals surface area contributed by atoms with Crippen LogP contribution in [-0.4, -0.2) is 37.3 Å². The van der Waals surface area contributed by atoms with Crippen LogP contribution >= 0.6 is 11.6 Å². The van der Waals surface area contributed by atoms with Crippen molar-refractivity contribution in [3.63, 3.8) is 0 Å². The van der Waals surface area contributed by atoms with Gasteiger partial charge in [-0.1, -0.05) is 17.7 Å². The quantitative estimate of drug-likeness (QED) is 0.880. The topological polar surface area (TPSA) is 32.7 Å². The molecule has 1 aliphatic rings. The number of methoxy groups -OCH3 is 1. The van der Waals surface area contributed by atoms with Crippen LogP contribution in [0.15, 0.2) is 18.2 Å². The molecule has 1 aliphatic heterocycles. The predicted molar refractivity (Wildman–Crippen MR) is 68.6 cm³/mol. The first-order chi connectivity index (χ1) is 8.05. The molecule has 0 amide bonds. The van der Waals surface area contributed by atoms with Gasteiger partial charge in [-0.15, -0.1) is 0 Å². The van der Waals surface area contributed by atoms with Crippen molar-refractivity contribution < 1.29 is 9.84 Å². The van der Waals surface area contributed by atoms with E-state index in [1.54, 1.807) is 13.2 Å². The SMILES string of the molecule is COc1cc(C2(O)CCN(C)CC2)ccc1Cl. The summed E-state index contributed by atoms with van der Waals surface area (Å²) in [5, 5.41) is 11.2. The zero-order chi connectivity index (χ0) is 12.5. The molecule has 1 heterocycles. The molecule has 94 valence electrons. The molecule has 17 heavy (non-hydrogen) atoms. The number of piperidine rings is 1. The average Bonchev–Trinajstić information content (AvgIpc) is 2.34. The van der Waals surface area contributed by atoms with E-state index in [-0.39, 0.29) is 0 Å². The number of rotatable bonds is 2. The number of nitrogens with zero attached hydrogens (tertiary/aromatic N) is 1. The molecule has 0 saturated carbocycles. The molecule has 0 atom stereocenters. The second-order valence-electron chi connectivity index (χ2n) is 4.68. The first-order valence-electron chi connectivity index (χ1n) is 5.80. The van der Waals surface area contributed by atoms with Crippen molar-refractivity contribution in [3.8, 4) is 5.75 Å². The number of ether oxygens (including phenoxy) is 1. The standard InChI is InChI=1S/C13H18ClNO2/c1-15-7-5-13(16,6-8-15)10-3-4-11(14)12(9-10)17-2/h3-4,9,16H,5-8H2,1-2H3. The highest BCUT2D eigenvalue weighted by atomic mass is 35.5. The molecule has 4 heteroatoms. The number of halogens is 1. The predicted octanol–water partition coefficient (Wildman–Crippen LogP) is 2.26. The van der Waals surface area contributed by atoms with Crippen molar-refractivity contribution in [1.82, 2.24) is 4.90 Å². The Morgan fingerprint density at radius 2 is 2.00 bits per heavy atom. The Kier molecular flexibility index (Phi) is 3.61. The van der Waals surface area contributed by atoms with Gasteiger partial charge in [-0.25, -0.2) is 0 Å². The summed E-state index contributed by atoms with van der Waals surface area (Å²) in [6.45, 7) is 1.81. The minimum Gasteiger partial charge on any atom is -0.495 e. The van der Waals surface area contributed by atoms with Gasteiger partial charge in [-0.3, -0.25) is 0 Å². The Morgan fingerprint density at radius 1 is 1.35 bits per heavy atom. The van der Waals surface area contributed by atoms with E-state index in [9.17, 15) is 5.11 Å². The zero-order valence-corrected chi connectivity index (χ0v) is 11.0. The first kappa shape index (κ1) is 12.7. The molecule has 1 fully saturated rings. The van der Waals surface area contributed by atoms with E-state index in [0.717, 1.165) is 31.5 Å². The van der Waals surface area contributed by atoms with Gasteiger partial charge in [0.1, 0.15) is 5.75 Å². The summed E-state index contributed by atoms with van der Waals surface area (Å²) in [4.78, 5) is 2.22. The third kappa shape index (κ3) is 2.57. The van der Waals surface area contributed by atoms with Crippen LogP contribution < -0.4 is 4.74 Å². The van der Waals surface area contributed by atoms with E-state index in [0.29, 0.717) is 10.8 Å². The van der Waals surface area contributed by atoms with Gasteiger partial charge >= 0.3 is 0 Å². The molecule has 0 aliphatic carbocycles. The van der Waals surface area contributed by atoms with Crippen LogP contribution in [0.1, 0.15) is 18.4 Å². The Bertz CT molecular complexity index is 400. The lowest BCUT2D eigenvalue weighted by Gasteiger charge is -2.37. The Balaban J connectivity index is 2.27. The molecule has 1 aromatic rings. The van der Waals surface area contributed by atoms with Gasteiger partial charge < -0.3 is 14.7 Å². The molecule has 0 spiro atoms. The summed E-state index contributed by atoms with van der Waals surface area (Å²) >= 11 is 5.99. The maximum atomic E-state index is 10.6. The van der Waals surface area contributed by atoms with Crippen LogP contribution in [0, 0.1) is 0 Å². The summed E-state index contributed by atoms with van der Waals surface area (Å²) in [7, 11) is 3.66. The number of hydrogen-bond acceptors (Lipinski definition) is 3. The zero-order valence-electron chi connectivity index (χ0n) is 10.2. The molecule has 1 saturated heterocycles. The Hall–Kier alpha value is -0.770. The van der Waals surface area contributed by atoms with Gasteiger partial charge in [-0.2, -0.15) is 0 Å². The van der Waals surface area contributed by atoms with Crippen molar-refractivity contribution in [2.24, 2.45) is 0 Å². The third-order valence-electron chi connectivity index (χ3n) is 3.50. The summed E-state index contributed by atoms with van der Waals surface area (Å²) in [5.74, 6) is 0.622. The minimum atomic E-state index is -0.746. The highest BCUT2D eigenvalue weighted by Gasteiger charge is 2.33. The van der Waals surface area contributed by atoms with Crippen LogP contribution in [0.2, 0.25) is 5.02 Å². The Labute approximate surface area is 107 Å². The molecule has 0 radical (unpaired) electrons. The largest absolute Gasteiger partial charge is 0.495 e. The van der Waals surface area contributed by atoms with E-state index < -0.39 is 5.60 Å². The third-order valence-corrected chi connectivity index (χ3v) is 3.81. The van der Waals surface area contributed by atoms with Crippen molar-refractivity contribution >= 4 is 11.6 Å². The van der Waals surface area contributed by atoms with E-state index in [2.05, 4.69) is 11.9 Å². The molecule has 2 rings (SSSR count). The molecular weight excluding hydrogens is 238 g/mol. The monoisotopic (exact) mass is 255 g/mol. The molecule has 3 nitrogen and oxygen atoms in total. The fraction of sp³-hybridized carbons (Fsp3) is 0.538. The van der Waals surface area contributed by atoms with Gasteiger partial charge in [0.25, 0.3) is 0 Å². The van der Waals surface area contributed by atoms with Crippen LogP contribution in [0.25, 0.3) is 0 Å². The van der Waals surface area contributed by atoms with E-state index in [1.807, 2.05) is 12.1 Å². The summed E-state index contributed by atoms with van der Waals surface area (Å²) in [6, 6.07) is 5.51. The summed E-state index contributed by atoms with van der Waals surface area (Å²) in [5.41, 5.74) is 0.150. The van der Waals surface area contributed by atoms with Crippen molar-refractivity contribution in [2.45, 2.75) is 18.4 Å². The van der Waals surface area contributed by atoms with Crippen LogP contribution in [0.5, 0.6) is 5.75 Å². The molecule has 0 aromatic heterocycles. The van der Waals surface area contributed by atoms with Gasteiger partial charge in [0.15, 0.2) is 0 Å².